The molecule has 0 aliphatic rings. The summed E-state index contributed by atoms with van der Waals surface area (Å²) in [6, 6.07) is 5.98. The molecule has 1 aromatic carbocycles. The largest absolute Gasteiger partial charge is 0.481 e. The maximum absolute atomic E-state index is 11.4. The second-order valence-corrected chi connectivity index (χ2v) is 4.10. The van der Waals surface area contributed by atoms with Crippen LogP contribution in [0.4, 0.5) is 0 Å². The van der Waals surface area contributed by atoms with E-state index in [0.29, 0.717) is 16.0 Å². The van der Waals surface area contributed by atoms with Crippen molar-refractivity contribution in [2.45, 2.75) is 6.92 Å². The second-order valence-electron chi connectivity index (χ2n) is 3.66. The minimum atomic E-state index is -0.575. The highest BCUT2D eigenvalue weighted by molar-refractivity contribution is 6.31. The van der Waals surface area contributed by atoms with Gasteiger partial charge in [0.2, 0.25) is 0 Å². The monoisotopic (exact) mass is 282 g/mol. The fourth-order valence-electron chi connectivity index (χ4n) is 1.57. The van der Waals surface area contributed by atoms with E-state index in [4.69, 9.17) is 25.5 Å². The number of carbonyl (C=O) groups is 1. The van der Waals surface area contributed by atoms with Gasteiger partial charge < -0.3 is 13.9 Å². The van der Waals surface area contributed by atoms with E-state index >= 15 is 0 Å². The van der Waals surface area contributed by atoms with Gasteiger partial charge in [0.1, 0.15) is 11.3 Å². The molecule has 0 N–H and O–H groups in total. The molecule has 100 valence electrons. The normalized spacial score (nSPS) is 10.4. The standard InChI is InChI=1S/C13H11ClO5/c1-2-17-13(16)7-18-10-6-12(15)19-11-5-8(14)3-4-9(10)11/h3-6H,2,7H2,1H3. The maximum Gasteiger partial charge on any atom is 0.344 e. The molecule has 1 heterocycles. The van der Waals surface area contributed by atoms with Gasteiger partial charge in [0.05, 0.1) is 18.1 Å². The smallest absolute Gasteiger partial charge is 0.344 e. The summed E-state index contributed by atoms with van der Waals surface area (Å²) in [6.45, 7) is 1.71. The van der Waals surface area contributed by atoms with Crippen molar-refractivity contribution in [3.63, 3.8) is 0 Å². The zero-order valence-electron chi connectivity index (χ0n) is 10.1. The van der Waals surface area contributed by atoms with Crippen molar-refractivity contribution in [1.82, 2.24) is 0 Å². The molecule has 2 rings (SSSR count). The summed E-state index contributed by atoms with van der Waals surface area (Å²) in [5, 5.41) is 1.01. The first kappa shape index (κ1) is 13.4. The third-order valence-electron chi connectivity index (χ3n) is 2.32. The van der Waals surface area contributed by atoms with Crippen LogP contribution in [-0.2, 0) is 9.53 Å². The number of carbonyl (C=O) groups excluding carboxylic acids is 1. The van der Waals surface area contributed by atoms with Crippen molar-refractivity contribution in [2.24, 2.45) is 0 Å². The molecular formula is C13H11ClO5. The van der Waals surface area contributed by atoms with Crippen molar-refractivity contribution in [1.29, 1.82) is 0 Å². The molecule has 19 heavy (non-hydrogen) atoms. The van der Waals surface area contributed by atoms with Gasteiger partial charge in [0.15, 0.2) is 6.61 Å². The van der Waals surface area contributed by atoms with E-state index in [1.54, 1.807) is 19.1 Å². The topological polar surface area (TPSA) is 65.7 Å². The molecule has 6 heteroatoms. The lowest BCUT2D eigenvalue weighted by molar-refractivity contribution is -0.145. The van der Waals surface area contributed by atoms with Crippen LogP contribution < -0.4 is 10.4 Å². The molecule has 0 bridgehead atoms. The van der Waals surface area contributed by atoms with Crippen LogP contribution in [0.25, 0.3) is 11.0 Å². The van der Waals surface area contributed by atoms with Gasteiger partial charge in [-0.25, -0.2) is 9.59 Å². The van der Waals surface area contributed by atoms with E-state index in [0.717, 1.165) is 0 Å². The fraction of sp³-hybridized carbons (Fsp3) is 0.231. The molecule has 0 spiro atoms. The minimum Gasteiger partial charge on any atom is -0.481 e. The molecule has 0 aliphatic carbocycles. The Morgan fingerprint density at radius 1 is 1.37 bits per heavy atom. The van der Waals surface area contributed by atoms with Crippen LogP contribution in [0, 0.1) is 0 Å². The Labute approximate surface area is 113 Å². The van der Waals surface area contributed by atoms with Crippen LogP contribution >= 0.6 is 11.6 Å². The predicted octanol–water partition coefficient (Wildman–Crippen LogP) is 2.39. The quantitative estimate of drug-likeness (QED) is 0.636. The third kappa shape index (κ3) is 3.26. The van der Waals surface area contributed by atoms with Crippen molar-refractivity contribution in [3.05, 3.63) is 39.7 Å². The van der Waals surface area contributed by atoms with Gasteiger partial charge in [-0.1, -0.05) is 11.6 Å². The summed E-state index contributed by atoms with van der Waals surface area (Å²) in [4.78, 5) is 22.6. The number of fused-ring (bicyclic) bond motifs is 1. The zero-order valence-corrected chi connectivity index (χ0v) is 10.9. The summed E-state index contributed by atoms with van der Waals surface area (Å²) >= 11 is 5.82. The number of benzene rings is 1. The Morgan fingerprint density at radius 2 is 2.16 bits per heavy atom. The maximum atomic E-state index is 11.4. The first-order valence-electron chi connectivity index (χ1n) is 5.62. The Bertz CT molecular complexity index is 662. The van der Waals surface area contributed by atoms with Crippen LogP contribution in [-0.4, -0.2) is 19.2 Å². The molecule has 0 unspecified atom stereocenters. The highest BCUT2D eigenvalue weighted by Gasteiger charge is 2.10. The fourth-order valence-corrected chi connectivity index (χ4v) is 1.73. The van der Waals surface area contributed by atoms with Crippen LogP contribution in [0.15, 0.2) is 33.5 Å². The average molecular weight is 283 g/mol. The number of hydrogen-bond acceptors (Lipinski definition) is 5. The van der Waals surface area contributed by atoms with Gasteiger partial charge in [-0.2, -0.15) is 0 Å². The number of ether oxygens (including phenoxy) is 2. The van der Waals surface area contributed by atoms with Gasteiger partial charge >= 0.3 is 11.6 Å². The number of rotatable bonds is 4. The molecular weight excluding hydrogens is 272 g/mol. The first-order chi connectivity index (χ1) is 9.10. The lowest BCUT2D eigenvalue weighted by Gasteiger charge is -2.07. The molecule has 0 saturated carbocycles. The molecule has 0 radical (unpaired) electrons. The van der Waals surface area contributed by atoms with E-state index in [9.17, 15) is 9.59 Å². The first-order valence-corrected chi connectivity index (χ1v) is 6.00. The summed E-state index contributed by atoms with van der Waals surface area (Å²) < 4.78 is 15.0. The lowest BCUT2D eigenvalue weighted by Crippen LogP contribution is -2.15. The molecule has 0 fully saturated rings. The highest BCUT2D eigenvalue weighted by Crippen LogP contribution is 2.26. The van der Waals surface area contributed by atoms with Gasteiger partial charge in [0, 0.05) is 11.1 Å². The van der Waals surface area contributed by atoms with Crippen LogP contribution in [0.2, 0.25) is 5.02 Å². The van der Waals surface area contributed by atoms with E-state index in [-0.39, 0.29) is 19.0 Å². The minimum absolute atomic E-state index is 0.260. The molecule has 0 saturated heterocycles. The zero-order chi connectivity index (χ0) is 13.8. The summed E-state index contributed by atoms with van der Waals surface area (Å²) in [6.07, 6.45) is 0. The Kier molecular flexibility index (Phi) is 4.06. The number of halogens is 1. The van der Waals surface area contributed by atoms with Gasteiger partial charge in [-0.15, -0.1) is 0 Å². The summed E-state index contributed by atoms with van der Waals surface area (Å²) in [5.74, 6) is -0.242. The van der Waals surface area contributed by atoms with E-state index < -0.39 is 11.6 Å². The molecule has 0 aliphatic heterocycles. The summed E-state index contributed by atoms with van der Waals surface area (Å²) in [5.41, 5.74) is -0.271. The Hall–Kier alpha value is -2.01. The van der Waals surface area contributed by atoms with Gasteiger partial charge in [-0.3, -0.25) is 0 Å². The molecule has 0 amide bonds. The van der Waals surface area contributed by atoms with E-state index in [1.165, 1.54) is 12.1 Å². The molecule has 2 aromatic rings. The van der Waals surface area contributed by atoms with E-state index in [2.05, 4.69) is 0 Å². The van der Waals surface area contributed by atoms with Crippen molar-refractivity contribution in [3.8, 4) is 5.75 Å². The highest BCUT2D eigenvalue weighted by atomic mass is 35.5. The number of esters is 1. The number of hydrogen-bond donors (Lipinski definition) is 0. The van der Waals surface area contributed by atoms with Gasteiger partial charge in [0.25, 0.3) is 0 Å². The van der Waals surface area contributed by atoms with Crippen LogP contribution in [0.5, 0.6) is 5.75 Å². The van der Waals surface area contributed by atoms with E-state index in [1.807, 2.05) is 0 Å². The van der Waals surface area contributed by atoms with Crippen molar-refractivity contribution < 1.29 is 18.7 Å². The van der Waals surface area contributed by atoms with Crippen molar-refractivity contribution >= 4 is 28.5 Å². The molecule has 1 aromatic heterocycles. The molecule has 5 nitrogen and oxygen atoms in total. The lowest BCUT2D eigenvalue weighted by atomic mass is 10.2. The van der Waals surface area contributed by atoms with Gasteiger partial charge in [-0.05, 0) is 19.1 Å². The van der Waals surface area contributed by atoms with Crippen molar-refractivity contribution in [2.75, 3.05) is 13.2 Å². The average Bonchev–Trinajstić information content (AvgIpc) is 2.35. The second kappa shape index (κ2) is 5.75. The third-order valence-corrected chi connectivity index (χ3v) is 2.55. The predicted molar refractivity (Wildman–Crippen MR) is 69.6 cm³/mol. The summed E-state index contributed by atoms with van der Waals surface area (Å²) in [7, 11) is 0. The molecule has 0 atom stereocenters. The Morgan fingerprint density at radius 3 is 2.89 bits per heavy atom. The van der Waals surface area contributed by atoms with Crippen LogP contribution in [0.3, 0.4) is 0 Å². The Balaban J connectivity index is 2.32. The SMILES string of the molecule is CCOC(=O)COc1cc(=O)oc2cc(Cl)ccc12. The van der Waals surface area contributed by atoms with Crippen LogP contribution in [0.1, 0.15) is 6.92 Å².